The minimum Gasteiger partial charge on any atom is -0.444 e. The van der Waals surface area contributed by atoms with Crippen LogP contribution < -0.4 is 9.88 Å². The smallest absolute Gasteiger partial charge is 0.407 e. The summed E-state index contributed by atoms with van der Waals surface area (Å²) in [5.41, 5.74) is 0.799. The van der Waals surface area contributed by atoms with Gasteiger partial charge in [-0.25, -0.2) is 13.9 Å². The number of hydrogen-bond acceptors (Lipinski definition) is 2. The molecule has 0 radical (unpaired) electrons. The molecule has 1 N–H and O–H groups in total. The van der Waals surface area contributed by atoms with Crippen LogP contribution in [0.25, 0.3) is 0 Å². The summed E-state index contributed by atoms with van der Waals surface area (Å²) in [5, 5.41) is 2.76. The van der Waals surface area contributed by atoms with Gasteiger partial charge in [-0.1, -0.05) is 30.3 Å². The molecular formula is C17H24N3O2+. The molecule has 0 saturated heterocycles. The molecule has 1 heterocycles. The standard InChI is InChI=1S/C17H23N3O2/c1-17(2,3)22-16(21)18-9-10-19-11-12-20(14-19)13-15-7-5-4-6-8-15/h4-8,11-12,14H,9-10,13H2,1-3H3/p+1. The topological polar surface area (TPSA) is 47.1 Å². The molecular weight excluding hydrogens is 278 g/mol. The maximum Gasteiger partial charge on any atom is 0.407 e. The van der Waals surface area contributed by atoms with E-state index in [1.165, 1.54) is 5.56 Å². The van der Waals surface area contributed by atoms with Crippen LogP contribution in [0.4, 0.5) is 4.79 Å². The number of aromatic nitrogens is 2. The number of nitrogens with one attached hydrogen (secondary N) is 1. The monoisotopic (exact) mass is 302 g/mol. The lowest BCUT2D eigenvalue weighted by molar-refractivity contribution is -0.687. The number of hydrogen-bond donors (Lipinski definition) is 1. The van der Waals surface area contributed by atoms with Crippen LogP contribution in [0.1, 0.15) is 26.3 Å². The molecule has 0 bridgehead atoms. The van der Waals surface area contributed by atoms with Crippen LogP contribution in [0.5, 0.6) is 0 Å². The Labute approximate surface area is 131 Å². The lowest BCUT2D eigenvalue weighted by atomic mass is 10.2. The second-order valence-electron chi connectivity index (χ2n) is 6.24. The van der Waals surface area contributed by atoms with Crippen molar-refractivity contribution in [2.24, 2.45) is 0 Å². The summed E-state index contributed by atoms with van der Waals surface area (Å²) >= 11 is 0. The van der Waals surface area contributed by atoms with Crippen molar-refractivity contribution < 1.29 is 14.1 Å². The molecule has 1 amide bonds. The second kappa shape index (κ2) is 7.11. The Hall–Kier alpha value is -2.30. The molecule has 0 aliphatic heterocycles. The van der Waals surface area contributed by atoms with E-state index in [0.717, 1.165) is 6.54 Å². The third-order valence-corrected chi connectivity index (χ3v) is 2.99. The number of rotatable bonds is 5. The van der Waals surface area contributed by atoms with Crippen LogP contribution in [-0.2, 0) is 17.8 Å². The number of nitrogens with zero attached hydrogens (tertiary/aromatic N) is 2. The molecule has 0 saturated carbocycles. The van der Waals surface area contributed by atoms with Gasteiger partial charge in [-0.2, -0.15) is 0 Å². The number of carbonyl (C=O) groups excluding carboxylic acids is 1. The first-order valence-electron chi connectivity index (χ1n) is 7.48. The predicted molar refractivity (Wildman–Crippen MR) is 84.4 cm³/mol. The zero-order valence-electron chi connectivity index (χ0n) is 13.5. The van der Waals surface area contributed by atoms with Crippen molar-refractivity contribution in [2.75, 3.05) is 6.54 Å². The summed E-state index contributed by atoms with van der Waals surface area (Å²) in [6.07, 6.45) is 5.68. The van der Waals surface area contributed by atoms with Crippen LogP contribution in [-0.4, -0.2) is 22.8 Å². The quantitative estimate of drug-likeness (QED) is 0.862. The van der Waals surface area contributed by atoms with Crippen molar-refractivity contribution in [3.8, 4) is 0 Å². The van der Waals surface area contributed by atoms with Crippen LogP contribution in [0.2, 0.25) is 0 Å². The predicted octanol–water partition coefficient (Wildman–Crippen LogP) is 2.35. The van der Waals surface area contributed by atoms with Gasteiger partial charge in [0.05, 0.1) is 6.54 Å². The van der Waals surface area contributed by atoms with Gasteiger partial charge in [0.1, 0.15) is 31.1 Å². The minimum atomic E-state index is -0.462. The van der Waals surface area contributed by atoms with Crippen LogP contribution in [0.3, 0.4) is 0 Å². The van der Waals surface area contributed by atoms with E-state index in [0.29, 0.717) is 13.1 Å². The van der Waals surface area contributed by atoms with Crippen LogP contribution in [0, 0.1) is 0 Å². The highest BCUT2D eigenvalue weighted by molar-refractivity contribution is 5.67. The zero-order chi connectivity index (χ0) is 16.0. The fourth-order valence-corrected chi connectivity index (χ4v) is 2.06. The van der Waals surface area contributed by atoms with Crippen molar-refractivity contribution in [3.05, 3.63) is 54.6 Å². The first-order valence-corrected chi connectivity index (χ1v) is 7.48. The van der Waals surface area contributed by atoms with Gasteiger partial charge in [-0.15, -0.1) is 0 Å². The number of amides is 1. The molecule has 0 spiro atoms. The van der Waals surface area contributed by atoms with Gasteiger partial charge in [0.2, 0.25) is 6.33 Å². The van der Waals surface area contributed by atoms with Gasteiger partial charge in [0.15, 0.2) is 0 Å². The molecule has 0 fully saturated rings. The summed E-state index contributed by atoms with van der Waals surface area (Å²) in [5.74, 6) is 0. The minimum absolute atomic E-state index is 0.378. The molecule has 1 aromatic carbocycles. The molecule has 5 nitrogen and oxygen atoms in total. The Bertz CT molecular complexity index is 600. The van der Waals surface area contributed by atoms with Gasteiger partial charge in [-0.05, 0) is 26.3 Å². The Morgan fingerprint density at radius 1 is 1.27 bits per heavy atom. The van der Waals surface area contributed by atoms with Crippen molar-refractivity contribution in [1.29, 1.82) is 0 Å². The number of imidazole rings is 1. The number of ether oxygens (including phenoxy) is 1. The number of alkyl carbamates (subject to hydrolysis) is 1. The Kier molecular flexibility index (Phi) is 5.20. The third-order valence-electron chi connectivity index (χ3n) is 2.99. The summed E-state index contributed by atoms with van der Waals surface area (Å²) < 4.78 is 9.35. The molecule has 22 heavy (non-hydrogen) atoms. The van der Waals surface area contributed by atoms with Gasteiger partial charge < -0.3 is 10.1 Å². The van der Waals surface area contributed by atoms with Gasteiger partial charge in [0.25, 0.3) is 0 Å². The molecule has 5 heteroatoms. The highest BCUT2D eigenvalue weighted by Crippen LogP contribution is 2.06. The van der Waals surface area contributed by atoms with Gasteiger partial charge in [-0.3, -0.25) is 0 Å². The van der Waals surface area contributed by atoms with E-state index in [1.807, 2.05) is 62.3 Å². The molecule has 0 aliphatic rings. The fourth-order valence-electron chi connectivity index (χ4n) is 2.06. The molecule has 118 valence electrons. The van der Waals surface area contributed by atoms with Crippen LogP contribution in [0.15, 0.2) is 49.1 Å². The van der Waals surface area contributed by atoms with Crippen molar-refractivity contribution in [1.82, 2.24) is 9.88 Å². The van der Waals surface area contributed by atoms with Crippen molar-refractivity contribution in [3.63, 3.8) is 0 Å². The average Bonchev–Trinajstić information content (AvgIpc) is 2.85. The third kappa shape index (κ3) is 5.60. The second-order valence-corrected chi connectivity index (χ2v) is 6.24. The van der Waals surface area contributed by atoms with Crippen LogP contribution >= 0.6 is 0 Å². The lowest BCUT2D eigenvalue weighted by Crippen LogP contribution is -2.34. The van der Waals surface area contributed by atoms with E-state index >= 15 is 0 Å². The summed E-state index contributed by atoms with van der Waals surface area (Å²) in [6, 6.07) is 10.3. The average molecular weight is 302 g/mol. The van der Waals surface area contributed by atoms with Gasteiger partial charge in [0, 0.05) is 0 Å². The summed E-state index contributed by atoms with van der Waals surface area (Å²) in [6.45, 7) is 7.64. The number of benzene rings is 1. The van der Waals surface area contributed by atoms with E-state index in [9.17, 15) is 4.79 Å². The molecule has 2 aromatic rings. The molecule has 1 aromatic heterocycles. The first-order chi connectivity index (χ1) is 10.4. The fraction of sp³-hybridized carbons (Fsp3) is 0.412. The number of carbonyl (C=O) groups is 1. The SMILES string of the molecule is CC(C)(C)OC(=O)NCCn1cc[n+](Cc2ccccc2)c1. The molecule has 0 aliphatic carbocycles. The van der Waals surface area contributed by atoms with E-state index in [4.69, 9.17) is 4.74 Å². The van der Waals surface area contributed by atoms with E-state index in [2.05, 4.69) is 22.0 Å². The normalized spacial score (nSPS) is 11.2. The molecule has 0 unspecified atom stereocenters. The summed E-state index contributed by atoms with van der Waals surface area (Å²) in [4.78, 5) is 11.5. The maximum atomic E-state index is 11.5. The molecule has 0 atom stereocenters. The Morgan fingerprint density at radius 3 is 2.68 bits per heavy atom. The van der Waals surface area contributed by atoms with E-state index in [1.54, 1.807) is 0 Å². The van der Waals surface area contributed by atoms with E-state index < -0.39 is 5.60 Å². The zero-order valence-corrected chi connectivity index (χ0v) is 13.5. The van der Waals surface area contributed by atoms with Crippen molar-refractivity contribution >= 4 is 6.09 Å². The Balaban J connectivity index is 1.77. The maximum absolute atomic E-state index is 11.5. The largest absolute Gasteiger partial charge is 0.444 e. The van der Waals surface area contributed by atoms with Crippen molar-refractivity contribution in [2.45, 2.75) is 39.5 Å². The van der Waals surface area contributed by atoms with E-state index in [-0.39, 0.29) is 6.09 Å². The summed E-state index contributed by atoms with van der Waals surface area (Å²) in [7, 11) is 0. The lowest BCUT2D eigenvalue weighted by Gasteiger charge is -2.19. The molecule has 2 rings (SSSR count). The Morgan fingerprint density at radius 2 is 2.00 bits per heavy atom. The van der Waals surface area contributed by atoms with Gasteiger partial charge >= 0.3 is 6.09 Å². The first kappa shape index (κ1) is 16.1. The highest BCUT2D eigenvalue weighted by atomic mass is 16.6. The highest BCUT2D eigenvalue weighted by Gasteiger charge is 2.15.